The SMILES string of the molecule is C/C=C/CCC1CCC([C@H]2CC[C@H](CCC)CC2)CC1. The summed E-state index contributed by atoms with van der Waals surface area (Å²) in [4.78, 5) is 0. The van der Waals surface area contributed by atoms with Crippen molar-refractivity contribution in [3.8, 4) is 0 Å². The van der Waals surface area contributed by atoms with Crippen molar-refractivity contribution in [2.45, 2.75) is 90.9 Å². The summed E-state index contributed by atoms with van der Waals surface area (Å²) in [7, 11) is 0. The molecule has 2 fully saturated rings. The van der Waals surface area contributed by atoms with Gasteiger partial charge < -0.3 is 0 Å². The molecule has 0 aromatic rings. The molecule has 0 amide bonds. The smallest absolute Gasteiger partial charge is 0.0348 e. The molecule has 0 aromatic carbocycles. The monoisotopic (exact) mass is 276 g/mol. The molecule has 20 heavy (non-hydrogen) atoms. The highest BCUT2D eigenvalue weighted by Gasteiger charge is 2.30. The second-order valence-corrected chi connectivity index (χ2v) is 7.50. The van der Waals surface area contributed by atoms with Gasteiger partial charge in [-0.05, 0) is 69.1 Å². The lowest BCUT2D eigenvalue weighted by molar-refractivity contribution is 0.141. The molecule has 0 aromatic heterocycles. The van der Waals surface area contributed by atoms with Gasteiger partial charge in [0, 0.05) is 0 Å². The zero-order valence-corrected chi connectivity index (χ0v) is 13.9. The van der Waals surface area contributed by atoms with Crippen LogP contribution in [-0.4, -0.2) is 0 Å². The van der Waals surface area contributed by atoms with Crippen LogP contribution >= 0.6 is 0 Å². The van der Waals surface area contributed by atoms with Crippen molar-refractivity contribution in [2.24, 2.45) is 23.7 Å². The van der Waals surface area contributed by atoms with Gasteiger partial charge in [-0.15, -0.1) is 0 Å². The van der Waals surface area contributed by atoms with Crippen LogP contribution in [0, 0.1) is 23.7 Å². The molecule has 0 radical (unpaired) electrons. The maximum Gasteiger partial charge on any atom is -0.0348 e. The fraction of sp³-hybridized carbons (Fsp3) is 0.900. The molecule has 0 saturated heterocycles. The number of hydrogen-bond acceptors (Lipinski definition) is 0. The fourth-order valence-corrected chi connectivity index (χ4v) is 4.80. The van der Waals surface area contributed by atoms with E-state index >= 15 is 0 Å². The lowest BCUT2D eigenvalue weighted by atomic mass is 9.68. The Labute approximate surface area is 127 Å². The number of rotatable bonds is 6. The summed E-state index contributed by atoms with van der Waals surface area (Å²) in [5, 5.41) is 0. The summed E-state index contributed by atoms with van der Waals surface area (Å²) in [6.07, 6.45) is 22.5. The molecule has 2 aliphatic carbocycles. The minimum Gasteiger partial charge on any atom is -0.0917 e. The molecule has 0 atom stereocenters. The highest BCUT2D eigenvalue weighted by Crippen LogP contribution is 2.42. The Morgan fingerprint density at radius 3 is 1.70 bits per heavy atom. The molecule has 0 heterocycles. The van der Waals surface area contributed by atoms with Crippen molar-refractivity contribution < 1.29 is 0 Å². The Bertz CT molecular complexity index is 262. The van der Waals surface area contributed by atoms with E-state index in [1.807, 2.05) is 0 Å². The Morgan fingerprint density at radius 1 is 0.750 bits per heavy atom. The highest BCUT2D eigenvalue weighted by molar-refractivity contribution is 4.84. The van der Waals surface area contributed by atoms with Gasteiger partial charge in [-0.25, -0.2) is 0 Å². The summed E-state index contributed by atoms with van der Waals surface area (Å²) in [6.45, 7) is 4.49. The van der Waals surface area contributed by atoms with E-state index in [9.17, 15) is 0 Å². The molecule has 2 aliphatic rings. The van der Waals surface area contributed by atoms with Gasteiger partial charge in [0.15, 0.2) is 0 Å². The third kappa shape index (κ3) is 4.93. The van der Waals surface area contributed by atoms with Crippen LogP contribution in [0.25, 0.3) is 0 Å². The summed E-state index contributed by atoms with van der Waals surface area (Å²) in [5.41, 5.74) is 0. The van der Waals surface area contributed by atoms with Gasteiger partial charge in [-0.2, -0.15) is 0 Å². The Kier molecular flexibility index (Phi) is 7.17. The van der Waals surface area contributed by atoms with Crippen LogP contribution in [-0.2, 0) is 0 Å². The van der Waals surface area contributed by atoms with Gasteiger partial charge in [-0.1, -0.05) is 57.6 Å². The van der Waals surface area contributed by atoms with E-state index in [-0.39, 0.29) is 0 Å². The molecule has 0 spiro atoms. The van der Waals surface area contributed by atoms with Gasteiger partial charge in [0.05, 0.1) is 0 Å². The van der Waals surface area contributed by atoms with Gasteiger partial charge in [0.2, 0.25) is 0 Å². The van der Waals surface area contributed by atoms with Crippen molar-refractivity contribution in [1.29, 1.82) is 0 Å². The first-order chi connectivity index (χ1) is 9.83. The molecule has 0 unspecified atom stereocenters. The third-order valence-electron chi connectivity index (χ3n) is 6.12. The van der Waals surface area contributed by atoms with E-state index in [4.69, 9.17) is 0 Å². The van der Waals surface area contributed by atoms with Gasteiger partial charge >= 0.3 is 0 Å². The van der Waals surface area contributed by atoms with E-state index in [1.54, 1.807) is 38.5 Å². The highest BCUT2D eigenvalue weighted by atomic mass is 14.4. The van der Waals surface area contributed by atoms with Crippen molar-refractivity contribution >= 4 is 0 Å². The molecule has 0 heteroatoms. The topological polar surface area (TPSA) is 0 Å². The van der Waals surface area contributed by atoms with Crippen molar-refractivity contribution in [2.75, 3.05) is 0 Å². The van der Waals surface area contributed by atoms with Crippen molar-refractivity contribution in [3.63, 3.8) is 0 Å². The molecule has 0 N–H and O–H groups in total. The first-order valence-corrected chi connectivity index (χ1v) is 9.44. The van der Waals surface area contributed by atoms with E-state index in [1.165, 1.54) is 38.5 Å². The normalized spacial score (nSPS) is 35.5. The van der Waals surface area contributed by atoms with E-state index in [0.717, 1.165) is 23.7 Å². The van der Waals surface area contributed by atoms with Gasteiger partial charge in [0.1, 0.15) is 0 Å². The zero-order valence-electron chi connectivity index (χ0n) is 13.9. The van der Waals surface area contributed by atoms with Crippen LogP contribution < -0.4 is 0 Å². The van der Waals surface area contributed by atoms with Crippen LogP contribution in [0.2, 0.25) is 0 Å². The second kappa shape index (κ2) is 8.90. The number of hydrogen-bond donors (Lipinski definition) is 0. The molecule has 116 valence electrons. The zero-order chi connectivity index (χ0) is 14.2. The Morgan fingerprint density at radius 2 is 1.25 bits per heavy atom. The summed E-state index contributed by atoms with van der Waals surface area (Å²) < 4.78 is 0. The van der Waals surface area contributed by atoms with Crippen LogP contribution in [0.5, 0.6) is 0 Å². The second-order valence-electron chi connectivity index (χ2n) is 7.50. The fourth-order valence-electron chi connectivity index (χ4n) is 4.80. The van der Waals surface area contributed by atoms with Gasteiger partial charge in [0.25, 0.3) is 0 Å². The quantitative estimate of drug-likeness (QED) is 0.470. The van der Waals surface area contributed by atoms with Crippen molar-refractivity contribution in [1.82, 2.24) is 0 Å². The maximum absolute atomic E-state index is 2.35. The molecular weight excluding hydrogens is 240 g/mol. The van der Waals surface area contributed by atoms with Gasteiger partial charge in [-0.3, -0.25) is 0 Å². The predicted molar refractivity (Wildman–Crippen MR) is 89.9 cm³/mol. The predicted octanol–water partition coefficient (Wildman–Crippen LogP) is 6.76. The molecule has 0 nitrogen and oxygen atoms in total. The molecule has 0 aliphatic heterocycles. The van der Waals surface area contributed by atoms with Crippen LogP contribution in [0.4, 0.5) is 0 Å². The van der Waals surface area contributed by atoms with E-state index in [2.05, 4.69) is 26.0 Å². The summed E-state index contributed by atoms with van der Waals surface area (Å²) in [5.74, 6) is 4.31. The number of allylic oxidation sites excluding steroid dienone is 2. The standard InChI is InChI=1S/C20H36/c1-3-5-6-8-18-11-15-20(16-12-18)19-13-9-17(7-4-2)10-14-19/h3,5,17-20H,4,6-16H2,1-2H3/b5-3+/t17-,18?,19-,20?. The van der Waals surface area contributed by atoms with Crippen molar-refractivity contribution in [3.05, 3.63) is 12.2 Å². The average Bonchev–Trinajstić information content (AvgIpc) is 2.49. The van der Waals surface area contributed by atoms with Crippen LogP contribution in [0.3, 0.4) is 0 Å². The summed E-state index contributed by atoms with van der Waals surface area (Å²) in [6, 6.07) is 0. The molecule has 2 saturated carbocycles. The molecule has 0 bridgehead atoms. The van der Waals surface area contributed by atoms with E-state index in [0.29, 0.717) is 0 Å². The first kappa shape index (κ1) is 16.1. The Balaban J connectivity index is 1.64. The lowest BCUT2D eigenvalue weighted by Crippen LogP contribution is -2.25. The third-order valence-corrected chi connectivity index (χ3v) is 6.12. The molecule has 2 rings (SSSR count). The maximum atomic E-state index is 2.35. The first-order valence-electron chi connectivity index (χ1n) is 9.44. The van der Waals surface area contributed by atoms with Crippen LogP contribution in [0.15, 0.2) is 12.2 Å². The average molecular weight is 277 g/mol. The summed E-state index contributed by atoms with van der Waals surface area (Å²) >= 11 is 0. The van der Waals surface area contributed by atoms with Crippen LogP contribution in [0.1, 0.15) is 90.9 Å². The minimum atomic E-state index is 1.04. The van der Waals surface area contributed by atoms with E-state index < -0.39 is 0 Å². The largest absolute Gasteiger partial charge is 0.0917 e. The molecular formula is C20H36. The minimum absolute atomic E-state index is 1.04. The lowest BCUT2D eigenvalue weighted by Gasteiger charge is -2.38. The Hall–Kier alpha value is -0.260.